The molecule has 0 fully saturated rings. The van der Waals surface area contributed by atoms with Gasteiger partial charge in [0.1, 0.15) is 11.4 Å². The zero-order chi connectivity index (χ0) is 59.1. The van der Waals surface area contributed by atoms with E-state index < -0.39 is 31.6 Å². The van der Waals surface area contributed by atoms with Crippen molar-refractivity contribution in [3.63, 3.8) is 0 Å². The van der Waals surface area contributed by atoms with Crippen LogP contribution in [0.1, 0.15) is 137 Å². The van der Waals surface area contributed by atoms with E-state index >= 15 is 0 Å². The molecule has 0 unspecified atom stereocenters. The van der Waals surface area contributed by atoms with Gasteiger partial charge in [-0.15, -0.1) is 48.0 Å². The average molecular weight is 1210 g/mol. The molecule has 0 bridgehead atoms. The molecule has 0 N–H and O–H groups in total. The summed E-state index contributed by atoms with van der Waals surface area (Å²) in [5.74, 6) is -1.00. The first-order valence-corrected chi connectivity index (χ1v) is 29.3. The van der Waals surface area contributed by atoms with Crippen LogP contribution in [-0.4, -0.2) is 32.6 Å². The molecule has 393 valence electrons. The number of rotatable bonds is 10. The van der Waals surface area contributed by atoms with Gasteiger partial charge in [0.2, 0.25) is 0 Å². The molecule has 0 aliphatic rings. The van der Waals surface area contributed by atoms with Crippen molar-refractivity contribution in [2.45, 2.75) is 132 Å². The number of halogens is 1. The van der Waals surface area contributed by atoms with Gasteiger partial charge in [-0.1, -0.05) is 174 Å². The molecule has 10 rings (SSSR count). The molecule has 4 heterocycles. The minimum atomic E-state index is -1.79. The topological polar surface area (TPSA) is 69.6 Å². The third kappa shape index (κ3) is 11.8. The SMILES string of the molecule is CC(C)c1cc(-c2[c-]cc(F)cc2)ncc1[Si](C)(C)C.[2H]c1cc(C([2H])([2H])C(C)(C)C)cc([2H])c1-c1cc(C([2H])(C)C)c(-n2c(-c3[c-]ccc4c3oc3cc(-c5ccnc(C(C)(C)C)n5)ccc34)nc3ccccc32)c(C([2H])(C)C)c1.[Ir]. The third-order valence-electron chi connectivity index (χ3n) is 13.2. The van der Waals surface area contributed by atoms with Crippen LogP contribution in [0.5, 0.6) is 0 Å². The number of fused-ring (bicyclic) bond motifs is 4. The summed E-state index contributed by atoms with van der Waals surface area (Å²) in [4.78, 5) is 19.2. The Hall–Kier alpha value is -6.38. The number of imidazole rings is 1. The molecule has 10 aromatic rings. The van der Waals surface area contributed by atoms with Crippen LogP contribution in [0.15, 0.2) is 138 Å². The van der Waals surface area contributed by atoms with E-state index in [9.17, 15) is 9.87 Å². The maximum Gasteiger partial charge on any atom is 0.134 e. The summed E-state index contributed by atoms with van der Waals surface area (Å²) in [6.45, 7) is 30.3. The number of para-hydroxylation sites is 2. The summed E-state index contributed by atoms with van der Waals surface area (Å²) in [6, 6.07) is 39.5. The minimum Gasteiger partial charge on any atom is -0.501 e. The van der Waals surface area contributed by atoms with Crippen molar-refractivity contribution in [2.75, 3.05) is 0 Å². The Balaban J connectivity index is 0.000000354. The van der Waals surface area contributed by atoms with Gasteiger partial charge in [0.05, 0.1) is 39.0 Å². The number of aromatic nitrogens is 5. The first-order valence-electron chi connectivity index (χ1n) is 28.8. The molecule has 0 spiro atoms. The van der Waals surface area contributed by atoms with Crippen molar-refractivity contribution >= 4 is 46.2 Å². The Kier molecular flexibility index (Phi) is 13.9. The van der Waals surface area contributed by atoms with E-state index in [1.54, 1.807) is 60.7 Å². The van der Waals surface area contributed by atoms with Gasteiger partial charge in [0.25, 0.3) is 0 Å². The second-order valence-electron chi connectivity index (χ2n) is 23.4. The molecular formula is C67H72FIrN5OSi-2. The van der Waals surface area contributed by atoms with E-state index in [2.05, 4.69) is 82.4 Å². The number of hydrogen-bond donors (Lipinski definition) is 0. The summed E-state index contributed by atoms with van der Waals surface area (Å²) in [6.07, 6.45) is 2.00. The van der Waals surface area contributed by atoms with E-state index in [1.165, 1.54) is 35.0 Å². The molecule has 0 aliphatic heterocycles. The fraction of sp³-hybridized carbons (Fsp3) is 0.313. The fourth-order valence-electron chi connectivity index (χ4n) is 9.49. The van der Waals surface area contributed by atoms with E-state index in [0.29, 0.717) is 61.9 Å². The summed E-state index contributed by atoms with van der Waals surface area (Å²) in [7, 11) is -1.41. The molecule has 76 heavy (non-hydrogen) atoms. The molecule has 0 atom stereocenters. The molecule has 0 amide bonds. The van der Waals surface area contributed by atoms with Crippen LogP contribution >= 0.6 is 0 Å². The number of furan rings is 1. The average Bonchev–Trinajstić information content (AvgIpc) is 3.75. The van der Waals surface area contributed by atoms with Gasteiger partial charge in [0.15, 0.2) is 0 Å². The van der Waals surface area contributed by atoms with Crippen molar-refractivity contribution in [3.8, 4) is 50.7 Å². The quantitative estimate of drug-likeness (QED) is 0.101. The van der Waals surface area contributed by atoms with Crippen LogP contribution < -0.4 is 5.19 Å². The van der Waals surface area contributed by atoms with E-state index in [4.69, 9.17) is 17.1 Å². The summed E-state index contributed by atoms with van der Waals surface area (Å²) in [5.41, 5.74) is 9.95. The van der Waals surface area contributed by atoms with Crippen LogP contribution in [0, 0.1) is 23.4 Å². The number of hydrogen-bond acceptors (Lipinski definition) is 5. The summed E-state index contributed by atoms with van der Waals surface area (Å²) in [5, 5.41) is 3.21. The van der Waals surface area contributed by atoms with Crippen molar-refractivity contribution in [1.29, 1.82) is 0 Å². The van der Waals surface area contributed by atoms with E-state index in [1.807, 2.05) is 83.6 Å². The first kappa shape index (κ1) is 48.0. The van der Waals surface area contributed by atoms with Crippen molar-refractivity contribution in [1.82, 2.24) is 24.5 Å². The van der Waals surface area contributed by atoms with Crippen LogP contribution in [-0.2, 0) is 31.9 Å². The second-order valence-corrected chi connectivity index (χ2v) is 28.4. The Morgan fingerprint density at radius 1 is 0.737 bits per heavy atom. The van der Waals surface area contributed by atoms with Crippen LogP contribution in [0.3, 0.4) is 0 Å². The van der Waals surface area contributed by atoms with Crippen LogP contribution in [0.25, 0.3) is 83.7 Å². The molecular weight excluding hydrogens is 1130 g/mol. The Morgan fingerprint density at radius 2 is 1.43 bits per heavy atom. The minimum absolute atomic E-state index is 0. The largest absolute Gasteiger partial charge is 0.501 e. The summed E-state index contributed by atoms with van der Waals surface area (Å²) < 4.78 is 77.1. The molecule has 6 aromatic carbocycles. The standard InChI is InChI=1S/C50H51N4O.C17H21FNSi.Ir/c1-30(2)39-26-35(33-20-18-32(19-21-33)29-49(5,6)7)27-40(31(3)4)45(39)54-43-17-12-11-16-42(43)52-47(54)38-15-13-14-37-36-23-22-34(28-44(36)55-46(37)38)41-24-25-51-48(53-41)50(8,9)10;1-12(2)15-10-16(13-6-8-14(18)9-7-13)19-11-17(15)20(3,4)5;/h11-14,16-28,30-31H,29H2,1-10H3;6,8-12H,1-5H3;/q2*-1;/i20D,21D,29D2,30D,31D;;. The zero-order valence-corrected chi connectivity index (χ0v) is 49.9. The molecule has 0 saturated carbocycles. The van der Waals surface area contributed by atoms with E-state index in [-0.39, 0.29) is 49.0 Å². The maximum atomic E-state index is 13.0. The van der Waals surface area contributed by atoms with Gasteiger partial charge in [-0.3, -0.25) is 9.37 Å². The number of benzene rings is 6. The smallest absolute Gasteiger partial charge is 0.134 e. The molecule has 9 heteroatoms. The van der Waals surface area contributed by atoms with Crippen molar-refractivity contribution in [3.05, 3.63) is 180 Å². The molecule has 0 saturated heterocycles. The Bertz CT molecular complexity index is 3970. The van der Waals surface area contributed by atoms with Gasteiger partial charge < -0.3 is 14.0 Å². The molecule has 4 aromatic heterocycles. The Labute approximate surface area is 473 Å². The van der Waals surface area contributed by atoms with E-state index in [0.717, 1.165) is 44.6 Å². The predicted molar refractivity (Wildman–Crippen MR) is 315 cm³/mol. The summed E-state index contributed by atoms with van der Waals surface area (Å²) >= 11 is 0. The van der Waals surface area contributed by atoms with Gasteiger partial charge >= 0.3 is 0 Å². The van der Waals surface area contributed by atoms with Gasteiger partial charge in [-0.25, -0.2) is 9.97 Å². The third-order valence-corrected chi connectivity index (χ3v) is 15.3. The maximum absolute atomic E-state index is 13.0. The normalized spacial score (nSPS) is 13.9. The van der Waals surface area contributed by atoms with Crippen LogP contribution in [0.2, 0.25) is 19.6 Å². The van der Waals surface area contributed by atoms with Crippen molar-refractivity contribution in [2.24, 2.45) is 5.41 Å². The molecule has 0 aliphatic carbocycles. The first-order chi connectivity index (χ1) is 37.6. The van der Waals surface area contributed by atoms with Gasteiger partial charge in [-0.2, -0.15) is 0 Å². The fourth-order valence-corrected chi connectivity index (χ4v) is 11.2. The Morgan fingerprint density at radius 3 is 2.05 bits per heavy atom. The molecule has 1 radical (unpaired) electrons. The van der Waals surface area contributed by atoms with Gasteiger partial charge in [0, 0.05) is 65.9 Å². The van der Waals surface area contributed by atoms with Gasteiger partial charge in [-0.05, 0) is 105 Å². The molecule has 6 nitrogen and oxygen atoms in total. The van der Waals surface area contributed by atoms with Crippen molar-refractivity contribution < 1.29 is 37.1 Å². The zero-order valence-electron chi connectivity index (χ0n) is 52.5. The number of pyridine rings is 1. The second kappa shape index (κ2) is 21.9. The predicted octanol–water partition coefficient (Wildman–Crippen LogP) is 18.0. The van der Waals surface area contributed by atoms with Crippen LogP contribution in [0.4, 0.5) is 4.39 Å². The number of nitrogens with zero attached hydrogens (tertiary/aromatic N) is 5. The monoisotopic (exact) mass is 1210 g/mol.